The second-order valence-electron chi connectivity index (χ2n) is 2.65. The van der Waals surface area contributed by atoms with Crippen LogP contribution in [0, 0.1) is 0 Å². The van der Waals surface area contributed by atoms with Gasteiger partial charge in [-0.2, -0.15) is 0 Å². The number of fused-ring (bicyclic) bond motifs is 1. The molecule has 2 aromatic rings. The van der Waals surface area contributed by atoms with Crippen LogP contribution in [0.3, 0.4) is 0 Å². The normalized spacial score (nSPS) is 10.6. The lowest BCUT2D eigenvalue weighted by Crippen LogP contribution is -1.77. The topological polar surface area (TPSA) is 32.9 Å². The van der Waals surface area contributed by atoms with Gasteiger partial charge in [0.2, 0.25) is 0 Å². The first-order valence-corrected chi connectivity index (χ1v) is 4.81. The molecule has 66 valence electrons. The molecule has 1 aromatic carbocycles. The van der Waals surface area contributed by atoms with Crippen LogP contribution >= 0.6 is 27.5 Å². The molecule has 0 aliphatic heterocycles. The number of aldehydes is 1. The molecule has 0 unspecified atom stereocenters. The minimum Gasteiger partial charge on any atom is -0.360 e. The summed E-state index contributed by atoms with van der Waals surface area (Å²) in [6.07, 6.45) is 2.44. The number of hydrogen-bond acceptors (Lipinski definition) is 1. The Kier molecular flexibility index (Phi) is 2.14. The maximum Gasteiger partial charge on any atom is 0.152 e. The standard InChI is InChI=1S/C9H5BrClNO/c10-6-1-2-7-8(9(6)11)5(4-13)3-12-7/h1-4,12H. The lowest BCUT2D eigenvalue weighted by atomic mass is 10.2. The van der Waals surface area contributed by atoms with Gasteiger partial charge in [0.1, 0.15) is 0 Å². The smallest absolute Gasteiger partial charge is 0.152 e. The fourth-order valence-electron chi connectivity index (χ4n) is 1.27. The zero-order valence-corrected chi connectivity index (χ0v) is 8.82. The first-order chi connectivity index (χ1) is 6.24. The van der Waals surface area contributed by atoms with E-state index in [-0.39, 0.29) is 0 Å². The molecule has 1 N–H and O–H groups in total. The number of benzene rings is 1. The van der Waals surface area contributed by atoms with Crippen molar-refractivity contribution in [2.24, 2.45) is 0 Å². The van der Waals surface area contributed by atoms with Crippen LogP contribution in [-0.4, -0.2) is 11.3 Å². The SMILES string of the molecule is O=Cc1c[nH]c2ccc(Br)c(Cl)c12. The van der Waals surface area contributed by atoms with Crippen molar-refractivity contribution in [3.8, 4) is 0 Å². The van der Waals surface area contributed by atoms with Gasteiger partial charge in [0, 0.05) is 27.1 Å². The van der Waals surface area contributed by atoms with Crippen LogP contribution < -0.4 is 0 Å². The lowest BCUT2D eigenvalue weighted by Gasteiger charge is -1.97. The van der Waals surface area contributed by atoms with Crippen LogP contribution in [0.1, 0.15) is 10.4 Å². The van der Waals surface area contributed by atoms with Crippen molar-refractivity contribution >= 4 is 44.7 Å². The number of H-pyrrole nitrogens is 1. The minimum absolute atomic E-state index is 0.570. The van der Waals surface area contributed by atoms with Crippen LogP contribution in [-0.2, 0) is 0 Å². The average Bonchev–Trinajstić information content (AvgIpc) is 2.55. The molecule has 13 heavy (non-hydrogen) atoms. The van der Waals surface area contributed by atoms with Crippen molar-refractivity contribution in [1.82, 2.24) is 4.98 Å². The van der Waals surface area contributed by atoms with Crippen molar-refractivity contribution in [3.05, 3.63) is 33.4 Å². The highest BCUT2D eigenvalue weighted by atomic mass is 79.9. The molecule has 0 radical (unpaired) electrons. The van der Waals surface area contributed by atoms with Gasteiger partial charge in [-0.1, -0.05) is 11.6 Å². The van der Waals surface area contributed by atoms with Crippen molar-refractivity contribution in [3.63, 3.8) is 0 Å². The zero-order valence-electron chi connectivity index (χ0n) is 6.47. The zero-order chi connectivity index (χ0) is 9.42. The minimum atomic E-state index is 0.570. The third kappa shape index (κ3) is 1.28. The number of nitrogens with one attached hydrogen (secondary N) is 1. The van der Waals surface area contributed by atoms with E-state index in [4.69, 9.17) is 11.6 Å². The van der Waals surface area contributed by atoms with Gasteiger partial charge in [0.25, 0.3) is 0 Å². The monoisotopic (exact) mass is 257 g/mol. The average molecular weight is 259 g/mol. The molecule has 0 bridgehead atoms. The summed E-state index contributed by atoms with van der Waals surface area (Å²) in [4.78, 5) is 13.6. The van der Waals surface area contributed by atoms with E-state index in [1.807, 2.05) is 12.1 Å². The van der Waals surface area contributed by atoms with E-state index in [0.717, 1.165) is 21.7 Å². The van der Waals surface area contributed by atoms with E-state index in [9.17, 15) is 4.79 Å². The molecule has 0 saturated heterocycles. The van der Waals surface area contributed by atoms with Crippen molar-refractivity contribution < 1.29 is 4.79 Å². The first-order valence-electron chi connectivity index (χ1n) is 3.64. The number of halogens is 2. The van der Waals surface area contributed by atoms with Gasteiger partial charge in [-0.25, -0.2) is 0 Å². The Morgan fingerprint density at radius 3 is 2.92 bits per heavy atom. The van der Waals surface area contributed by atoms with E-state index >= 15 is 0 Å². The van der Waals surface area contributed by atoms with E-state index in [1.165, 1.54) is 0 Å². The lowest BCUT2D eigenvalue weighted by molar-refractivity contribution is 0.112. The molecular weight excluding hydrogens is 253 g/mol. The first kappa shape index (κ1) is 8.78. The molecular formula is C9H5BrClNO. The molecule has 4 heteroatoms. The van der Waals surface area contributed by atoms with Gasteiger partial charge in [0.05, 0.1) is 5.02 Å². The second-order valence-corrected chi connectivity index (χ2v) is 3.88. The van der Waals surface area contributed by atoms with Gasteiger partial charge in [-0.15, -0.1) is 0 Å². The number of carbonyl (C=O) groups excluding carboxylic acids is 1. The highest BCUT2D eigenvalue weighted by Crippen LogP contribution is 2.32. The van der Waals surface area contributed by atoms with Crippen LogP contribution in [0.15, 0.2) is 22.8 Å². The molecule has 0 aliphatic rings. The Hall–Kier alpha value is -0.800. The number of aromatic nitrogens is 1. The van der Waals surface area contributed by atoms with Crippen molar-refractivity contribution in [2.75, 3.05) is 0 Å². The maximum absolute atomic E-state index is 10.7. The molecule has 1 aromatic heterocycles. The summed E-state index contributed by atoms with van der Waals surface area (Å²) in [6, 6.07) is 3.72. The number of hydrogen-bond donors (Lipinski definition) is 1. The molecule has 0 fully saturated rings. The Bertz CT molecular complexity index is 478. The fourth-order valence-corrected chi connectivity index (χ4v) is 1.88. The summed E-state index contributed by atoms with van der Waals surface area (Å²) in [5.41, 5.74) is 1.46. The van der Waals surface area contributed by atoms with Gasteiger partial charge in [-0.3, -0.25) is 4.79 Å². The van der Waals surface area contributed by atoms with Gasteiger partial charge in [0.15, 0.2) is 6.29 Å². The summed E-state index contributed by atoms with van der Waals surface area (Å²) in [7, 11) is 0. The van der Waals surface area contributed by atoms with Crippen LogP contribution in [0.2, 0.25) is 5.02 Å². The molecule has 0 amide bonds. The predicted molar refractivity (Wildman–Crippen MR) is 56.4 cm³/mol. The predicted octanol–water partition coefficient (Wildman–Crippen LogP) is 3.40. The highest BCUT2D eigenvalue weighted by molar-refractivity contribution is 9.10. The summed E-state index contributed by atoms with van der Waals surface area (Å²) < 4.78 is 0.796. The Labute approximate surface area is 88.0 Å². The quantitative estimate of drug-likeness (QED) is 0.781. The van der Waals surface area contributed by atoms with E-state index < -0.39 is 0 Å². The number of carbonyl (C=O) groups is 1. The Balaban J connectivity index is 2.93. The molecule has 1 heterocycles. The van der Waals surface area contributed by atoms with Gasteiger partial charge in [-0.05, 0) is 28.1 Å². The number of aromatic amines is 1. The van der Waals surface area contributed by atoms with Crippen molar-refractivity contribution in [2.45, 2.75) is 0 Å². The van der Waals surface area contributed by atoms with Crippen molar-refractivity contribution in [1.29, 1.82) is 0 Å². The number of rotatable bonds is 1. The van der Waals surface area contributed by atoms with Gasteiger partial charge < -0.3 is 4.98 Å². The van der Waals surface area contributed by atoms with E-state index in [2.05, 4.69) is 20.9 Å². The third-order valence-electron chi connectivity index (χ3n) is 1.89. The maximum atomic E-state index is 10.7. The fraction of sp³-hybridized carbons (Fsp3) is 0. The van der Waals surface area contributed by atoms with E-state index in [0.29, 0.717) is 10.6 Å². The third-order valence-corrected chi connectivity index (χ3v) is 3.18. The molecule has 2 rings (SSSR count). The Morgan fingerprint density at radius 2 is 2.23 bits per heavy atom. The van der Waals surface area contributed by atoms with Crippen LogP contribution in [0.25, 0.3) is 10.9 Å². The van der Waals surface area contributed by atoms with Gasteiger partial charge >= 0.3 is 0 Å². The van der Waals surface area contributed by atoms with Crippen LogP contribution in [0.5, 0.6) is 0 Å². The highest BCUT2D eigenvalue weighted by Gasteiger charge is 2.08. The summed E-state index contributed by atoms with van der Waals surface area (Å²) in [5.74, 6) is 0. The molecule has 0 spiro atoms. The molecule has 0 saturated carbocycles. The molecule has 0 aliphatic carbocycles. The molecule has 2 nitrogen and oxygen atoms in total. The largest absolute Gasteiger partial charge is 0.360 e. The van der Waals surface area contributed by atoms with E-state index in [1.54, 1.807) is 6.20 Å². The summed E-state index contributed by atoms with van der Waals surface area (Å²) >= 11 is 9.33. The Morgan fingerprint density at radius 1 is 1.46 bits per heavy atom. The molecule has 0 atom stereocenters. The summed E-state index contributed by atoms with van der Waals surface area (Å²) in [5, 5.41) is 1.34. The second kappa shape index (κ2) is 3.16. The summed E-state index contributed by atoms with van der Waals surface area (Å²) in [6.45, 7) is 0. The van der Waals surface area contributed by atoms with Crippen LogP contribution in [0.4, 0.5) is 0 Å².